The molecule has 0 unspecified atom stereocenters. The van der Waals surface area contributed by atoms with E-state index in [0.29, 0.717) is 18.0 Å². The van der Waals surface area contributed by atoms with Crippen LogP contribution in [-0.4, -0.2) is 95.1 Å². The zero-order valence-electron chi connectivity index (χ0n) is 12.7. The quantitative estimate of drug-likeness (QED) is 0.222. The van der Waals surface area contributed by atoms with Crippen LogP contribution in [0.1, 0.15) is 6.42 Å². The molecule has 1 saturated heterocycles. The molecule has 23 heavy (non-hydrogen) atoms. The van der Waals surface area contributed by atoms with Gasteiger partial charge in [-0.15, -0.1) is 16.5 Å². The number of alkyl halides is 1. The topological polar surface area (TPSA) is 132 Å². The Kier molecular flexibility index (Phi) is 8.66. The number of halogens is 1. The number of aliphatic hydroxyl groups is 3. The molecule has 0 bridgehead atoms. The van der Waals surface area contributed by atoms with E-state index in [1.165, 1.54) is 7.11 Å². The number of rotatable bonds is 8. The van der Waals surface area contributed by atoms with E-state index in [-0.39, 0.29) is 25.6 Å². The average molecular weight is 356 g/mol. The number of carbonyl (C=O) groups excluding carboxylic acids is 1. The fourth-order valence-electron chi connectivity index (χ4n) is 2.18. The first kappa shape index (κ1) is 20.0. The van der Waals surface area contributed by atoms with E-state index in [1.54, 1.807) is 0 Å². The molecule has 2 amide bonds. The first-order valence-electron chi connectivity index (χ1n) is 7.10. The summed E-state index contributed by atoms with van der Waals surface area (Å²) in [5.41, 5.74) is 0. The third kappa shape index (κ3) is 5.23. The standard InChI is InChI=1S/C12H22ClN3O7/c1-22-6-2-4-15(12(20)16(14-21)5-3-13)11-10(19)9(18)8(17)7-23-11/h8-11,17-19H,2-7H2,1H3/t8-,9-,10+,11-/m1/s1. The van der Waals surface area contributed by atoms with Crippen LogP contribution in [-0.2, 0) is 9.47 Å². The maximum atomic E-state index is 12.4. The van der Waals surface area contributed by atoms with Crippen LogP contribution in [0.2, 0.25) is 0 Å². The molecule has 1 rings (SSSR count). The van der Waals surface area contributed by atoms with Gasteiger partial charge in [0.15, 0.2) is 6.23 Å². The summed E-state index contributed by atoms with van der Waals surface area (Å²) in [5, 5.41) is 32.5. The van der Waals surface area contributed by atoms with E-state index in [9.17, 15) is 25.0 Å². The van der Waals surface area contributed by atoms with Gasteiger partial charge >= 0.3 is 6.03 Å². The molecule has 134 valence electrons. The lowest BCUT2D eigenvalue weighted by Gasteiger charge is -2.41. The third-order valence-electron chi connectivity index (χ3n) is 3.39. The summed E-state index contributed by atoms with van der Waals surface area (Å²) in [6.45, 7) is 0.0486. The smallest absolute Gasteiger partial charge is 0.345 e. The lowest BCUT2D eigenvalue weighted by atomic mass is 10.0. The molecule has 1 aliphatic heterocycles. The minimum Gasteiger partial charge on any atom is -0.388 e. The van der Waals surface area contributed by atoms with Crippen molar-refractivity contribution >= 4 is 17.6 Å². The van der Waals surface area contributed by atoms with Crippen LogP contribution in [0.5, 0.6) is 0 Å². The number of urea groups is 1. The molecular formula is C12H22ClN3O7. The fraction of sp³-hybridized carbons (Fsp3) is 0.917. The maximum Gasteiger partial charge on any atom is 0.345 e. The number of amides is 2. The molecule has 3 N–H and O–H groups in total. The summed E-state index contributed by atoms with van der Waals surface area (Å²) in [6.07, 6.45) is -5.09. The Balaban J connectivity index is 2.90. The molecule has 1 heterocycles. The van der Waals surface area contributed by atoms with Crippen LogP contribution < -0.4 is 0 Å². The predicted octanol–water partition coefficient (Wildman–Crippen LogP) is -0.894. The van der Waals surface area contributed by atoms with Gasteiger partial charge in [0.05, 0.1) is 18.4 Å². The molecule has 0 radical (unpaired) electrons. The lowest BCUT2D eigenvalue weighted by Crippen LogP contribution is -2.61. The van der Waals surface area contributed by atoms with Crippen LogP contribution in [0.15, 0.2) is 5.29 Å². The highest BCUT2D eigenvalue weighted by Crippen LogP contribution is 2.21. The van der Waals surface area contributed by atoms with Gasteiger partial charge in [-0.25, -0.2) is 4.79 Å². The second-order valence-corrected chi connectivity index (χ2v) is 5.37. The van der Waals surface area contributed by atoms with Gasteiger partial charge in [-0.3, -0.25) is 4.90 Å². The molecule has 0 aromatic rings. The van der Waals surface area contributed by atoms with Gasteiger partial charge in [0, 0.05) is 26.1 Å². The number of aliphatic hydroxyl groups excluding tert-OH is 3. The zero-order valence-corrected chi connectivity index (χ0v) is 13.5. The second kappa shape index (κ2) is 9.96. The zero-order chi connectivity index (χ0) is 17.4. The van der Waals surface area contributed by atoms with E-state index < -0.39 is 30.6 Å². The Morgan fingerprint density at radius 2 is 2.04 bits per heavy atom. The summed E-state index contributed by atoms with van der Waals surface area (Å²) < 4.78 is 10.2. The Bertz CT molecular complexity index is 390. The minimum absolute atomic E-state index is 0.00118. The largest absolute Gasteiger partial charge is 0.388 e. The average Bonchev–Trinajstić information content (AvgIpc) is 2.55. The van der Waals surface area contributed by atoms with Crippen molar-refractivity contribution in [2.24, 2.45) is 5.29 Å². The van der Waals surface area contributed by atoms with Crippen LogP contribution >= 0.6 is 11.6 Å². The SMILES string of the molecule is COCCCN(C(=O)N(CCCl)N=O)[C@@H]1OC[C@@H](O)[C@@H](O)[C@@H]1O. The number of hydrogen-bond acceptors (Lipinski definition) is 8. The molecule has 0 aromatic heterocycles. The van der Waals surface area contributed by atoms with Crippen molar-refractivity contribution in [2.45, 2.75) is 31.0 Å². The fourth-order valence-corrected chi connectivity index (χ4v) is 2.34. The predicted molar refractivity (Wildman–Crippen MR) is 79.6 cm³/mol. The van der Waals surface area contributed by atoms with Gasteiger partial charge in [-0.1, -0.05) is 0 Å². The van der Waals surface area contributed by atoms with Crippen molar-refractivity contribution < 1.29 is 29.6 Å². The van der Waals surface area contributed by atoms with Gasteiger partial charge in [-0.2, -0.15) is 5.01 Å². The minimum atomic E-state index is -1.53. The van der Waals surface area contributed by atoms with Crippen LogP contribution in [0, 0.1) is 4.91 Å². The third-order valence-corrected chi connectivity index (χ3v) is 3.56. The molecular weight excluding hydrogens is 334 g/mol. The van der Waals surface area contributed by atoms with Gasteiger partial charge in [0.25, 0.3) is 0 Å². The molecule has 0 aliphatic carbocycles. The lowest BCUT2D eigenvalue weighted by molar-refractivity contribution is -0.220. The molecule has 0 aromatic carbocycles. The first-order valence-corrected chi connectivity index (χ1v) is 7.63. The molecule has 11 heteroatoms. The highest BCUT2D eigenvalue weighted by atomic mass is 35.5. The maximum absolute atomic E-state index is 12.4. The Labute approximate surface area is 138 Å². The van der Waals surface area contributed by atoms with E-state index in [2.05, 4.69) is 5.29 Å². The second-order valence-electron chi connectivity index (χ2n) is 4.99. The van der Waals surface area contributed by atoms with Gasteiger partial charge in [-0.05, 0) is 6.42 Å². The van der Waals surface area contributed by atoms with Crippen LogP contribution in [0.4, 0.5) is 4.79 Å². The van der Waals surface area contributed by atoms with Crippen molar-refractivity contribution in [3.8, 4) is 0 Å². The molecule has 1 aliphatic rings. The van der Waals surface area contributed by atoms with Gasteiger partial charge in [0.1, 0.15) is 18.3 Å². The number of nitrogens with zero attached hydrogens (tertiary/aromatic N) is 3. The van der Waals surface area contributed by atoms with Crippen LogP contribution in [0.3, 0.4) is 0 Å². The van der Waals surface area contributed by atoms with Crippen molar-refractivity contribution in [3.05, 3.63) is 4.91 Å². The Hall–Kier alpha value is -1.04. The highest BCUT2D eigenvalue weighted by Gasteiger charge is 2.43. The molecule has 4 atom stereocenters. The summed E-state index contributed by atoms with van der Waals surface area (Å²) in [7, 11) is 1.49. The number of ether oxygens (including phenoxy) is 2. The van der Waals surface area contributed by atoms with Crippen molar-refractivity contribution in [3.63, 3.8) is 0 Å². The normalized spacial score (nSPS) is 27.5. The molecule has 1 fully saturated rings. The van der Waals surface area contributed by atoms with Crippen LogP contribution in [0.25, 0.3) is 0 Å². The van der Waals surface area contributed by atoms with E-state index in [0.717, 1.165) is 4.90 Å². The summed E-state index contributed by atoms with van der Waals surface area (Å²) in [5.74, 6) is -0.00118. The van der Waals surface area contributed by atoms with Crippen molar-refractivity contribution in [2.75, 3.05) is 39.3 Å². The molecule has 10 nitrogen and oxygen atoms in total. The Morgan fingerprint density at radius 1 is 1.35 bits per heavy atom. The Morgan fingerprint density at radius 3 is 2.61 bits per heavy atom. The number of carbonyl (C=O) groups is 1. The molecule has 0 saturated carbocycles. The number of methoxy groups -OCH3 is 1. The number of hydrogen-bond donors (Lipinski definition) is 3. The summed E-state index contributed by atoms with van der Waals surface area (Å²) in [6, 6.07) is -0.815. The summed E-state index contributed by atoms with van der Waals surface area (Å²) >= 11 is 5.52. The first-order chi connectivity index (χ1) is 11.0. The molecule has 0 spiro atoms. The monoisotopic (exact) mass is 355 g/mol. The highest BCUT2D eigenvalue weighted by molar-refractivity contribution is 6.18. The van der Waals surface area contributed by atoms with E-state index in [4.69, 9.17) is 21.1 Å². The summed E-state index contributed by atoms with van der Waals surface area (Å²) in [4.78, 5) is 24.3. The van der Waals surface area contributed by atoms with Crippen molar-refractivity contribution in [1.82, 2.24) is 9.91 Å². The van der Waals surface area contributed by atoms with E-state index >= 15 is 0 Å². The van der Waals surface area contributed by atoms with Gasteiger partial charge in [0.2, 0.25) is 0 Å². The number of nitroso groups, excluding NO2 is 1. The van der Waals surface area contributed by atoms with Crippen molar-refractivity contribution in [1.29, 1.82) is 0 Å². The van der Waals surface area contributed by atoms with E-state index in [1.807, 2.05) is 0 Å². The van der Waals surface area contributed by atoms with Gasteiger partial charge < -0.3 is 24.8 Å².